The van der Waals surface area contributed by atoms with E-state index in [1.807, 2.05) is 38.3 Å². The largest absolute Gasteiger partial charge is 0.491 e. The van der Waals surface area contributed by atoms with E-state index in [-0.39, 0.29) is 36.4 Å². The maximum Gasteiger partial charge on any atom is 0.246 e. The lowest BCUT2D eigenvalue weighted by atomic mass is 10.0. The monoisotopic (exact) mass is 457 g/mol. The van der Waals surface area contributed by atoms with Gasteiger partial charge in [-0.2, -0.15) is 4.31 Å². The fourth-order valence-electron chi connectivity index (χ4n) is 3.89. The molecule has 168 valence electrons. The van der Waals surface area contributed by atoms with Gasteiger partial charge in [0.2, 0.25) is 10.0 Å². The molecule has 0 atom stereocenters. The number of hydrogen-bond acceptors (Lipinski definition) is 5. The van der Waals surface area contributed by atoms with E-state index in [9.17, 15) is 17.6 Å². The quantitative estimate of drug-likeness (QED) is 0.506. The summed E-state index contributed by atoms with van der Waals surface area (Å²) in [4.78, 5) is 15.0. The molecule has 32 heavy (non-hydrogen) atoms. The molecule has 0 spiro atoms. The highest BCUT2D eigenvalue weighted by Crippen LogP contribution is 2.32. The van der Waals surface area contributed by atoms with Crippen LogP contribution in [-0.4, -0.2) is 47.8 Å². The van der Waals surface area contributed by atoms with E-state index in [4.69, 9.17) is 4.74 Å². The zero-order valence-corrected chi connectivity index (χ0v) is 18.7. The molecule has 0 unspecified atom stereocenters. The first-order valence-corrected chi connectivity index (χ1v) is 11.8. The van der Waals surface area contributed by atoms with Gasteiger partial charge in [-0.05, 0) is 50.1 Å². The number of aromatic nitrogens is 2. The van der Waals surface area contributed by atoms with Gasteiger partial charge in [-0.15, -0.1) is 0 Å². The smallest absolute Gasteiger partial charge is 0.246 e. The van der Waals surface area contributed by atoms with Crippen molar-refractivity contribution < 1.29 is 22.3 Å². The summed E-state index contributed by atoms with van der Waals surface area (Å²) in [7, 11) is -4.00. The Kier molecular flexibility index (Phi) is 6.12. The molecule has 0 saturated heterocycles. The maximum absolute atomic E-state index is 14.6. The van der Waals surface area contributed by atoms with Crippen LogP contribution in [0.25, 0.3) is 16.6 Å². The van der Waals surface area contributed by atoms with E-state index in [1.54, 1.807) is 10.8 Å². The number of ether oxygens (including phenoxy) is 1. The van der Waals surface area contributed by atoms with Crippen molar-refractivity contribution >= 4 is 32.9 Å². The number of rotatable bonds is 7. The van der Waals surface area contributed by atoms with Gasteiger partial charge in [-0.25, -0.2) is 17.8 Å². The molecule has 4 rings (SSSR count). The molecular formula is C23H24FN3O4S. The minimum absolute atomic E-state index is 0.127. The Balaban J connectivity index is 1.60. The van der Waals surface area contributed by atoms with E-state index in [1.165, 1.54) is 16.4 Å². The highest BCUT2D eigenvalue weighted by molar-refractivity contribution is 7.89. The molecule has 0 aliphatic carbocycles. The summed E-state index contributed by atoms with van der Waals surface area (Å²) in [5.74, 6) is -0.543. The van der Waals surface area contributed by atoms with Crippen molar-refractivity contribution in [1.29, 1.82) is 0 Å². The zero-order valence-electron chi connectivity index (χ0n) is 17.9. The number of halogens is 1. The average Bonchev–Trinajstić information content (AvgIpc) is 3.12. The summed E-state index contributed by atoms with van der Waals surface area (Å²) < 4.78 is 49.2. The lowest BCUT2D eigenvalue weighted by Crippen LogP contribution is -2.35. The predicted molar refractivity (Wildman–Crippen MR) is 119 cm³/mol. The molecule has 1 aromatic carbocycles. The van der Waals surface area contributed by atoms with Crippen LogP contribution in [0.3, 0.4) is 0 Å². The van der Waals surface area contributed by atoms with Gasteiger partial charge < -0.3 is 14.1 Å². The molecule has 0 radical (unpaired) electrons. The van der Waals surface area contributed by atoms with Crippen LogP contribution in [0.15, 0.2) is 53.7 Å². The maximum atomic E-state index is 14.6. The van der Waals surface area contributed by atoms with E-state index >= 15 is 0 Å². The van der Waals surface area contributed by atoms with E-state index < -0.39 is 15.8 Å². The van der Waals surface area contributed by atoms with Gasteiger partial charge in [0.25, 0.3) is 0 Å². The number of pyridine rings is 1. The zero-order chi connectivity index (χ0) is 22.9. The molecule has 0 saturated carbocycles. The van der Waals surface area contributed by atoms with Gasteiger partial charge >= 0.3 is 0 Å². The molecule has 3 aromatic rings. The third-order valence-electron chi connectivity index (χ3n) is 5.32. The van der Waals surface area contributed by atoms with Crippen LogP contribution in [0.4, 0.5) is 4.39 Å². The lowest BCUT2D eigenvalue weighted by molar-refractivity contribution is -0.108. The first kappa shape index (κ1) is 22.2. The summed E-state index contributed by atoms with van der Waals surface area (Å²) >= 11 is 0. The molecular weight excluding hydrogens is 433 g/mol. The number of fused-ring (bicyclic) bond motifs is 1. The molecule has 9 heteroatoms. The summed E-state index contributed by atoms with van der Waals surface area (Å²) in [5.41, 5.74) is 2.60. The van der Waals surface area contributed by atoms with Crippen molar-refractivity contribution in [3.8, 4) is 5.75 Å². The van der Waals surface area contributed by atoms with Gasteiger partial charge in [0.15, 0.2) is 0 Å². The Morgan fingerprint density at radius 1 is 1.28 bits per heavy atom. The number of aldehydes is 1. The summed E-state index contributed by atoms with van der Waals surface area (Å²) in [6.07, 6.45) is 6.51. The average molecular weight is 458 g/mol. The highest BCUT2D eigenvalue weighted by atomic mass is 32.2. The van der Waals surface area contributed by atoms with Crippen molar-refractivity contribution in [3.63, 3.8) is 0 Å². The third-order valence-corrected chi connectivity index (χ3v) is 7.21. The SMILES string of the molecule is CC(C)Oc1ccc(S(=O)(=O)N2CC=C(c3cn(CC=O)c4ncccc34)CC2)c(F)c1. The molecule has 0 amide bonds. The van der Waals surface area contributed by atoms with Crippen LogP contribution in [0.1, 0.15) is 25.8 Å². The number of carbonyl (C=O) groups is 1. The second-order valence-electron chi connectivity index (χ2n) is 7.84. The Hall–Kier alpha value is -3.04. The number of sulfonamides is 1. The summed E-state index contributed by atoms with van der Waals surface area (Å²) in [5, 5.41) is 0.906. The molecule has 0 N–H and O–H groups in total. The van der Waals surface area contributed by atoms with Crippen molar-refractivity contribution in [3.05, 3.63) is 60.2 Å². The summed E-state index contributed by atoms with van der Waals surface area (Å²) in [6, 6.07) is 7.58. The standard InChI is InChI=1S/C23H24FN3O4S/c1-16(2)31-18-5-6-22(21(24)14-18)32(29,30)27-10-7-17(8-11-27)20-15-26(12-13-28)23-19(20)4-3-9-25-23/h3-7,9,13-16H,8,10-12H2,1-2H3. The van der Waals surface area contributed by atoms with Crippen LogP contribution in [0.5, 0.6) is 5.75 Å². The minimum atomic E-state index is -4.00. The van der Waals surface area contributed by atoms with Crippen molar-refractivity contribution in [2.24, 2.45) is 0 Å². The van der Waals surface area contributed by atoms with Gasteiger partial charge in [-0.1, -0.05) is 6.08 Å². The number of carbonyl (C=O) groups excluding carboxylic acids is 1. The van der Waals surface area contributed by atoms with Crippen molar-refractivity contribution in [2.45, 2.75) is 37.8 Å². The number of nitrogens with zero attached hydrogens (tertiary/aromatic N) is 3. The number of benzene rings is 1. The lowest BCUT2D eigenvalue weighted by Gasteiger charge is -2.26. The molecule has 3 heterocycles. The fourth-order valence-corrected chi connectivity index (χ4v) is 5.31. The molecule has 1 aliphatic rings. The first-order chi connectivity index (χ1) is 15.3. The van der Waals surface area contributed by atoms with Crippen molar-refractivity contribution in [2.75, 3.05) is 13.1 Å². The van der Waals surface area contributed by atoms with Crippen LogP contribution in [-0.2, 0) is 21.4 Å². The topological polar surface area (TPSA) is 81.5 Å². The normalized spacial score (nSPS) is 15.2. The van der Waals surface area contributed by atoms with Gasteiger partial charge in [0.1, 0.15) is 28.4 Å². The third kappa shape index (κ3) is 4.18. The van der Waals surface area contributed by atoms with Crippen LogP contribution >= 0.6 is 0 Å². The van der Waals surface area contributed by atoms with Gasteiger partial charge in [0, 0.05) is 42.5 Å². The second-order valence-corrected chi connectivity index (χ2v) is 9.74. The highest BCUT2D eigenvalue weighted by Gasteiger charge is 2.30. The van der Waals surface area contributed by atoms with E-state index in [0.29, 0.717) is 12.1 Å². The van der Waals surface area contributed by atoms with Crippen LogP contribution < -0.4 is 4.74 Å². The molecule has 1 aliphatic heterocycles. The summed E-state index contributed by atoms with van der Waals surface area (Å²) in [6.45, 7) is 4.16. The van der Waals surface area contributed by atoms with Crippen LogP contribution in [0, 0.1) is 5.82 Å². The Morgan fingerprint density at radius 3 is 2.75 bits per heavy atom. The molecule has 0 fully saturated rings. The molecule has 0 bridgehead atoms. The van der Waals surface area contributed by atoms with E-state index in [0.717, 1.165) is 28.9 Å². The molecule has 7 nitrogen and oxygen atoms in total. The first-order valence-electron chi connectivity index (χ1n) is 10.3. The predicted octanol–water partition coefficient (Wildman–Crippen LogP) is 3.64. The van der Waals surface area contributed by atoms with E-state index in [2.05, 4.69) is 4.98 Å². The minimum Gasteiger partial charge on any atom is -0.491 e. The van der Waals surface area contributed by atoms with Gasteiger partial charge in [0.05, 0.1) is 12.6 Å². The Morgan fingerprint density at radius 2 is 2.09 bits per heavy atom. The fraction of sp³-hybridized carbons (Fsp3) is 0.304. The molecule has 2 aromatic heterocycles. The number of hydrogen-bond donors (Lipinski definition) is 0. The van der Waals surface area contributed by atoms with Gasteiger partial charge in [-0.3, -0.25) is 0 Å². The van der Waals surface area contributed by atoms with Crippen LogP contribution in [0.2, 0.25) is 0 Å². The Labute approximate surface area is 186 Å². The Bertz CT molecular complexity index is 1300. The second kappa shape index (κ2) is 8.84. The van der Waals surface area contributed by atoms with Crippen molar-refractivity contribution in [1.82, 2.24) is 13.9 Å².